The summed E-state index contributed by atoms with van der Waals surface area (Å²) in [4.78, 5) is 23.1. The van der Waals surface area contributed by atoms with Crippen molar-refractivity contribution in [2.24, 2.45) is 0 Å². The summed E-state index contributed by atoms with van der Waals surface area (Å²) in [6, 6.07) is 5.95. The lowest BCUT2D eigenvalue weighted by atomic mass is 10.1. The van der Waals surface area contributed by atoms with Crippen LogP contribution in [0, 0.1) is 0 Å². The van der Waals surface area contributed by atoms with Crippen molar-refractivity contribution in [3.8, 4) is 0 Å². The van der Waals surface area contributed by atoms with E-state index in [1.165, 1.54) is 31.4 Å². The number of carbonyl (C=O) groups is 2. The van der Waals surface area contributed by atoms with Crippen LogP contribution in [0.15, 0.2) is 29.2 Å². The molecular weight excluding hydrogens is 292 g/mol. The summed E-state index contributed by atoms with van der Waals surface area (Å²) in [5, 5.41) is 0. The van der Waals surface area contributed by atoms with E-state index >= 15 is 0 Å². The number of Topliss-reactive ketones (excluding diaryl/α,β-unsaturated/α-hetero) is 1. The highest BCUT2D eigenvalue weighted by Gasteiger charge is 2.14. The van der Waals surface area contributed by atoms with Crippen LogP contribution in [0.3, 0.4) is 0 Å². The van der Waals surface area contributed by atoms with Gasteiger partial charge in [-0.3, -0.25) is 9.59 Å². The number of ether oxygens (including phenoxy) is 1. The standard InChI is InChI=1S/C15H20O5S/c1-3-11-21(18,19)13-9-7-12(8-10-13)14(16)5-4-6-15(17)20-2/h7-10H,3-6,11H2,1-2H3. The fourth-order valence-electron chi connectivity index (χ4n) is 1.87. The first kappa shape index (κ1) is 17.4. The average molecular weight is 312 g/mol. The molecule has 0 unspecified atom stereocenters. The van der Waals surface area contributed by atoms with Gasteiger partial charge in [-0.2, -0.15) is 0 Å². The van der Waals surface area contributed by atoms with E-state index in [9.17, 15) is 18.0 Å². The van der Waals surface area contributed by atoms with Gasteiger partial charge in [-0.25, -0.2) is 8.42 Å². The van der Waals surface area contributed by atoms with Gasteiger partial charge >= 0.3 is 5.97 Å². The van der Waals surface area contributed by atoms with Crippen LogP contribution in [0.2, 0.25) is 0 Å². The van der Waals surface area contributed by atoms with E-state index in [-0.39, 0.29) is 35.2 Å². The van der Waals surface area contributed by atoms with Crippen molar-refractivity contribution in [2.45, 2.75) is 37.5 Å². The molecule has 0 radical (unpaired) electrons. The Hall–Kier alpha value is -1.69. The second kappa shape index (κ2) is 7.93. The highest BCUT2D eigenvalue weighted by atomic mass is 32.2. The number of hydrogen-bond acceptors (Lipinski definition) is 5. The first-order chi connectivity index (χ1) is 9.90. The molecular formula is C15H20O5S. The maximum absolute atomic E-state index is 11.9. The van der Waals surface area contributed by atoms with Gasteiger partial charge in [0, 0.05) is 18.4 Å². The van der Waals surface area contributed by atoms with Gasteiger partial charge in [-0.1, -0.05) is 19.1 Å². The van der Waals surface area contributed by atoms with Gasteiger partial charge in [0.15, 0.2) is 15.6 Å². The minimum atomic E-state index is -3.26. The monoisotopic (exact) mass is 312 g/mol. The van der Waals surface area contributed by atoms with Gasteiger partial charge in [0.2, 0.25) is 0 Å². The Labute approximate surface area is 125 Å². The van der Waals surface area contributed by atoms with Crippen LogP contribution in [0.5, 0.6) is 0 Å². The van der Waals surface area contributed by atoms with Crippen molar-refractivity contribution in [3.05, 3.63) is 29.8 Å². The lowest BCUT2D eigenvalue weighted by molar-refractivity contribution is -0.140. The van der Waals surface area contributed by atoms with Gasteiger partial charge in [-0.05, 0) is 25.0 Å². The number of ketones is 1. The van der Waals surface area contributed by atoms with Crippen molar-refractivity contribution in [1.29, 1.82) is 0 Å². The molecule has 116 valence electrons. The quantitative estimate of drug-likeness (QED) is 0.544. The Morgan fingerprint density at radius 3 is 2.24 bits per heavy atom. The Balaban J connectivity index is 2.65. The van der Waals surface area contributed by atoms with E-state index < -0.39 is 9.84 Å². The van der Waals surface area contributed by atoms with Crippen LogP contribution < -0.4 is 0 Å². The van der Waals surface area contributed by atoms with Crippen molar-refractivity contribution < 1.29 is 22.7 Å². The SMILES string of the molecule is CCCS(=O)(=O)c1ccc(C(=O)CCCC(=O)OC)cc1. The maximum Gasteiger partial charge on any atom is 0.305 e. The molecule has 6 heteroatoms. The third kappa shape index (κ3) is 5.30. The van der Waals surface area contributed by atoms with Crippen molar-refractivity contribution in [3.63, 3.8) is 0 Å². The summed E-state index contributed by atoms with van der Waals surface area (Å²) >= 11 is 0. The molecule has 21 heavy (non-hydrogen) atoms. The topological polar surface area (TPSA) is 77.5 Å². The van der Waals surface area contributed by atoms with E-state index in [2.05, 4.69) is 4.74 Å². The summed E-state index contributed by atoms with van der Waals surface area (Å²) in [5.41, 5.74) is 0.454. The smallest absolute Gasteiger partial charge is 0.305 e. The van der Waals surface area contributed by atoms with E-state index in [1.54, 1.807) is 6.92 Å². The van der Waals surface area contributed by atoms with Gasteiger partial charge in [0.25, 0.3) is 0 Å². The molecule has 0 saturated heterocycles. The molecule has 1 aromatic rings. The summed E-state index contributed by atoms with van der Waals surface area (Å²) in [5.74, 6) is -0.360. The van der Waals surface area contributed by atoms with E-state index in [1.807, 2.05) is 0 Å². The third-order valence-electron chi connectivity index (χ3n) is 3.02. The predicted octanol–water partition coefficient (Wildman–Crippen LogP) is 2.40. The number of esters is 1. The number of benzene rings is 1. The van der Waals surface area contributed by atoms with Crippen LogP contribution >= 0.6 is 0 Å². The second-order valence-electron chi connectivity index (χ2n) is 4.70. The zero-order valence-electron chi connectivity index (χ0n) is 12.3. The molecule has 0 spiro atoms. The molecule has 0 aliphatic heterocycles. The summed E-state index contributed by atoms with van der Waals surface area (Å²) < 4.78 is 28.2. The Morgan fingerprint density at radius 1 is 1.10 bits per heavy atom. The minimum absolute atomic E-state index is 0.0966. The molecule has 0 amide bonds. The molecule has 0 bridgehead atoms. The van der Waals surface area contributed by atoms with E-state index in [0.29, 0.717) is 18.4 Å². The van der Waals surface area contributed by atoms with E-state index in [0.717, 1.165) is 0 Å². The summed E-state index contributed by atoms with van der Waals surface area (Å²) in [6.07, 6.45) is 1.40. The molecule has 1 aromatic carbocycles. The number of carbonyl (C=O) groups excluding carboxylic acids is 2. The normalized spacial score (nSPS) is 11.1. The first-order valence-corrected chi connectivity index (χ1v) is 8.48. The minimum Gasteiger partial charge on any atom is -0.469 e. The van der Waals surface area contributed by atoms with Crippen molar-refractivity contribution in [2.75, 3.05) is 12.9 Å². The molecule has 1 rings (SSSR count). The molecule has 5 nitrogen and oxygen atoms in total. The Morgan fingerprint density at radius 2 is 1.71 bits per heavy atom. The number of sulfone groups is 1. The lowest BCUT2D eigenvalue weighted by Crippen LogP contribution is -2.07. The molecule has 0 aliphatic rings. The van der Waals surface area contributed by atoms with E-state index in [4.69, 9.17) is 0 Å². The molecule has 0 N–H and O–H groups in total. The number of methoxy groups -OCH3 is 1. The maximum atomic E-state index is 11.9. The fourth-order valence-corrected chi connectivity index (χ4v) is 3.20. The zero-order chi connectivity index (χ0) is 15.9. The van der Waals surface area contributed by atoms with Gasteiger partial charge in [0.1, 0.15) is 0 Å². The first-order valence-electron chi connectivity index (χ1n) is 6.83. The van der Waals surface area contributed by atoms with Gasteiger partial charge in [0.05, 0.1) is 17.8 Å². The number of rotatable bonds is 8. The van der Waals surface area contributed by atoms with Gasteiger partial charge < -0.3 is 4.74 Å². The molecule has 0 fully saturated rings. The molecule has 0 aromatic heterocycles. The second-order valence-corrected chi connectivity index (χ2v) is 6.81. The van der Waals surface area contributed by atoms with Crippen LogP contribution in [0.1, 0.15) is 43.0 Å². The Kier molecular flexibility index (Phi) is 6.55. The van der Waals surface area contributed by atoms with Crippen molar-refractivity contribution in [1.82, 2.24) is 0 Å². The van der Waals surface area contributed by atoms with Crippen LogP contribution in [0.25, 0.3) is 0 Å². The van der Waals surface area contributed by atoms with Crippen LogP contribution in [-0.4, -0.2) is 33.0 Å². The predicted molar refractivity (Wildman–Crippen MR) is 79.0 cm³/mol. The lowest BCUT2D eigenvalue weighted by Gasteiger charge is -2.05. The zero-order valence-corrected chi connectivity index (χ0v) is 13.1. The largest absolute Gasteiger partial charge is 0.469 e. The third-order valence-corrected chi connectivity index (χ3v) is 4.96. The molecule has 0 heterocycles. The number of hydrogen-bond donors (Lipinski definition) is 0. The highest BCUT2D eigenvalue weighted by Crippen LogP contribution is 2.15. The molecule has 0 atom stereocenters. The summed E-state index contributed by atoms with van der Waals surface area (Å²) in [6.45, 7) is 1.80. The Bertz CT molecular complexity index is 587. The van der Waals surface area contributed by atoms with Gasteiger partial charge in [-0.15, -0.1) is 0 Å². The summed E-state index contributed by atoms with van der Waals surface area (Å²) in [7, 11) is -1.95. The van der Waals surface area contributed by atoms with Crippen molar-refractivity contribution >= 4 is 21.6 Å². The average Bonchev–Trinajstić information content (AvgIpc) is 2.47. The fraction of sp³-hybridized carbons (Fsp3) is 0.467. The van der Waals surface area contributed by atoms with Crippen LogP contribution in [0.4, 0.5) is 0 Å². The van der Waals surface area contributed by atoms with Crippen LogP contribution in [-0.2, 0) is 19.4 Å². The molecule has 0 aliphatic carbocycles. The molecule has 0 saturated carbocycles. The highest BCUT2D eigenvalue weighted by molar-refractivity contribution is 7.91.